The Labute approximate surface area is 108 Å². The summed E-state index contributed by atoms with van der Waals surface area (Å²) in [6.45, 7) is 5.27. The minimum Gasteiger partial charge on any atom is -0.331 e. The highest BCUT2D eigenvalue weighted by Gasteiger charge is 2.24. The van der Waals surface area contributed by atoms with E-state index < -0.39 is 0 Å². The molecule has 1 aliphatic heterocycles. The molecule has 1 aromatic rings. The third-order valence-electron chi connectivity index (χ3n) is 3.29. The highest BCUT2D eigenvalue weighted by atomic mass is 16.1. The van der Waals surface area contributed by atoms with Gasteiger partial charge >= 0.3 is 0 Å². The SMILES string of the molecule is CC(C)Cc1nc(C(=O)CC#N)c2n1CCCC2. The van der Waals surface area contributed by atoms with Gasteiger partial charge in [-0.1, -0.05) is 13.8 Å². The number of nitrogens with zero attached hydrogens (tertiary/aromatic N) is 3. The first-order valence-corrected chi connectivity index (χ1v) is 6.62. The number of rotatable bonds is 4. The van der Waals surface area contributed by atoms with Crippen LogP contribution in [0.5, 0.6) is 0 Å². The van der Waals surface area contributed by atoms with E-state index in [-0.39, 0.29) is 12.2 Å². The Morgan fingerprint density at radius 2 is 2.28 bits per heavy atom. The Bertz CT molecular complexity index is 494. The summed E-state index contributed by atoms with van der Waals surface area (Å²) in [5, 5.41) is 8.65. The molecule has 4 nitrogen and oxygen atoms in total. The average molecular weight is 245 g/mol. The summed E-state index contributed by atoms with van der Waals surface area (Å²) in [6, 6.07) is 1.92. The number of aromatic nitrogens is 2. The monoisotopic (exact) mass is 245 g/mol. The van der Waals surface area contributed by atoms with Crippen LogP contribution < -0.4 is 0 Å². The second-order valence-electron chi connectivity index (χ2n) is 5.29. The van der Waals surface area contributed by atoms with Crippen LogP contribution in [0.2, 0.25) is 0 Å². The number of fused-ring (bicyclic) bond motifs is 1. The molecule has 0 saturated heterocycles. The lowest BCUT2D eigenvalue weighted by molar-refractivity contribution is 0.0992. The van der Waals surface area contributed by atoms with Crippen molar-refractivity contribution in [3.05, 3.63) is 17.2 Å². The molecule has 0 saturated carbocycles. The van der Waals surface area contributed by atoms with Crippen LogP contribution >= 0.6 is 0 Å². The standard InChI is InChI=1S/C14H19N3O/c1-10(2)9-13-16-14(12(18)6-7-15)11-5-3-4-8-17(11)13/h10H,3-6,8-9H2,1-2H3. The Balaban J connectivity index is 2.38. The van der Waals surface area contributed by atoms with E-state index in [0.717, 1.165) is 43.7 Å². The summed E-state index contributed by atoms with van der Waals surface area (Å²) < 4.78 is 2.20. The van der Waals surface area contributed by atoms with Crippen molar-refractivity contribution < 1.29 is 4.79 Å². The van der Waals surface area contributed by atoms with Crippen LogP contribution in [0.1, 0.15) is 55.1 Å². The number of carbonyl (C=O) groups excluding carboxylic acids is 1. The molecular formula is C14H19N3O. The Morgan fingerprint density at radius 3 is 2.94 bits per heavy atom. The first-order valence-electron chi connectivity index (χ1n) is 6.62. The van der Waals surface area contributed by atoms with Gasteiger partial charge in [-0.3, -0.25) is 4.79 Å². The van der Waals surface area contributed by atoms with Crippen LogP contribution in [-0.4, -0.2) is 15.3 Å². The summed E-state index contributed by atoms with van der Waals surface area (Å²) in [7, 11) is 0. The minimum atomic E-state index is -0.127. The lowest BCUT2D eigenvalue weighted by Crippen LogP contribution is -2.15. The Morgan fingerprint density at radius 1 is 1.50 bits per heavy atom. The molecule has 0 amide bonds. The molecule has 0 N–H and O–H groups in total. The number of nitriles is 1. The van der Waals surface area contributed by atoms with Gasteiger partial charge in [0.05, 0.1) is 6.07 Å². The van der Waals surface area contributed by atoms with E-state index in [1.165, 1.54) is 0 Å². The summed E-state index contributed by atoms with van der Waals surface area (Å²) in [5.41, 5.74) is 1.60. The topological polar surface area (TPSA) is 58.7 Å². The van der Waals surface area contributed by atoms with E-state index in [9.17, 15) is 4.79 Å². The fourth-order valence-corrected chi connectivity index (χ4v) is 2.52. The van der Waals surface area contributed by atoms with Crippen LogP contribution in [-0.2, 0) is 19.4 Å². The predicted molar refractivity (Wildman–Crippen MR) is 68.3 cm³/mol. The van der Waals surface area contributed by atoms with E-state index in [1.54, 1.807) is 0 Å². The van der Waals surface area contributed by atoms with Crippen LogP contribution in [0.4, 0.5) is 0 Å². The molecule has 0 unspecified atom stereocenters. The molecule has 0 bridgehead atoms. The molecule has 96 valence electrons. The molecule has 0 spiro atoms. The van der Waals surface area contributed by atoms with Gasteiger partial charge in [0.1, 0.15) is 17.9 Å². The van der Waals surface area contributed by atoms with Crippen molar-refractivity contribution in [2.24, 2.45) is 5.92 Å². The van der Waals surface area contributed by atoms with Crippen molar-refractivity contribution >= 4 is 5.78 Å². The van der Waals surface area contributed by atoms with E-state index in [0.29, 0.717) is 11.6 Å². The number of hydrogen-bond donors (Lipinski definition) is 0. The van der Waals surface area contributed by atoms with Crippen molar-refractivity contribution in [1.29, 1.82) is 5.26 Å². The quantitative estimate of drug-likeness (QED) is 0.766. The zero-order valence-electron chi connectivity index (χ0n) is 11.1. The summed E-state index contributed by atoms with van der Waals surface area (Å²) in [6.07, 6.45) is 4.01. The molecule has 0 radical (unpaired) electrons. The van der Waals surface area contributed by atoms with Crippen LogP contribution in [0.15, 0.2) is 0 Å². The van der Waals surface area contributed by atoms with E-state index >= 15 is 0 Å². The van der Waals surface area contributed by atoms with Gasteiger partial charge in [0.25, 0.3) is 0 Å². The molecule has 1 aromatic heterocycles. The van der Waals surface area contributed by atoms with Gasteiger partial charge in [-0.05, 0) is 25.2 Å². The van der Waals surface area contributed by atoms with Gasteiger partial charge in [-0.15, -0.1) is 0 Å². The fourth-order valence-electron chi connectivity index (χ4n) is 2.52. The molecule has 4 heteroatoms. The summed E-state index contributed by atoms with van der Waals surface area (Å²) >= 11 is 0. The number of imidazole rings is 1. The van der Waals surface area contributed by atoms with E-state index in [1.807, 2.05) is 6.07 Å². The molecule has 0 fully saturated rings. The van der Waals surface area contributed by atoms with Crippen molar-refractivity contribution in [1.82, 2.24) is 9.55 Å². The van der Waals surface area contributed by atoms with Crippen molar-refractivity contribution in [3.8, 4) is 6.07 Å². The molecule has 1 aliphatic rings. The van der Waals surface area contributed by atoms with Crippen molar-refractivity contribution in [3.63, 3.8) is 0 Å². The number of hydrogen-bond acceptors (Lipinski definition) is 3. The maximum atomic E-state index is 11.9. The van der Waals surface area contributed by atoms with Gasteiger partial charge in [-0.25, -0.2) is 4.98 Å². The second kappa shape index (κ2) is 5.34. The normalized spacial score (nSPS) is 14.3. The first kappa shape index (κ1) is 12.8. The predicted octanol–water partition coefficient (Wildman–Crippen LogP) is 2.51. The zero-order valence-corrected chi connectivity index (χ0v) is 11.1. The number of Topliss-reactive ketones (excluding diaryl/α,β-unsaturated/α-hetero) is 1. The Kier molecular flexibility index (Phi) is 3.81. The van der Waals surface area contributed by atoms with Crippen LogP contribution in [0, 0.1) is 17.2 Å². The van der Waals surface area contributed by atoms with Gasteiger partial charge in [0.2, 0.25) is 0 Å². The third-order valence-corrected chi connectivity index (χ3v) is 3.29. The molecule has 0 aromatic carbocycles. The third kappa shape index (κ3) is 2.45. The van der Waals surface area contributed by atoms with Gasteiger partial charge in [0.15, 0.2) is 5.78 Å². The molecule has 2 heterocycles. The highest BCUT2D eigenvalue weighted by Crippen LogP contribution is 2.23. The van der Waals surface area contributed by atoms with Crippen LogP contribution in [0.3, 0.4) is 0 Å². The maximum absolute atomic E-state index is 11.9. The second-order valence-corrected chi connectivity index (χ2v) is 5.29. The van der Waals surface area contributed by atoms with E-state index in [2.05, 4.69) is 23.4 Å². The first-order chi connectivity index (χ1) is 8.63. The molecule has 2 rings (SSSR count). The van der Waals surface area contributed by atoms with Gasteiger partial charge in [0, 0.05) is 18.7 Å². The molecule has 0 aliphatic carbocycles. The molecular weight excluding hydrogens is 226 g/mol. The van der Waals surface area contributed by atoms with E-state index in [4.69, 9.17) is 5.26 Å². The Hall–Kier alpha value is -1.63. The number of ketones is 1. The van der Waals surface area contributed by atoms with Crippen LogP contribution in [0.25, 0.3) is 0 Å². The lowest BCUT2D eigenvalue weighted by Gasteiger charge is -2.17. The molecule has 18 heavy (non-hydrogen) atoms. The summed E-state index contributed by atoms with van der Waals surface area (Å²) in [4.78, 5) is 16.4. The number of carbonyl (C=O) groups is 1. The zero-order chi connectivity index (χ0) is 13.1. The van der Waals surface area contributed by atoms with Crippen molar-refractivity contribution in [2.75, 3.05) is 0 Å². The highest BCUT2D eigenvalue weighted by molar-refractivity contribution is 5.96. The summed E-state index contributed by atoms with van der Waals surface area (Å²) in [5.74, 6) is 1.41. The largest absolute Gasteiger partial charge is 0.331 e. The molecule has 0 atom stereocenters. The van der Waals surface area contributed by atoms with Crippen molar-refractivity contribution in [2.45, 2.75) is 52.5 Å². The minimum absolute atomic E-state index is 0.0644. The fraction of sp³-hybridized carbons (Fsp3) is 0.643. The average Bonchev–Trinajstić information content (AvgIpc) is 2.68. The van der Waals surface area contributed by atoms with Gasteiger partial charge in [-0.2, -0.15) is 5.26 Å². The lowest BCUT2D eigenvalue weighted by atomic mass is 10.1. The maximum Gasteiger partial charge on any atom is 0.197 e. The smallest absolute Gasteiger partial charge is 0.197 e. The van der Waals surface area contributed by atoms with Gasteiger partial charge < -0.3 is 4.57 Å².